The number of nitrogens with zero attached hydrogens (tertiary/aromatic N) is 1. The molecule has 0 aromatic carbocycles. The summed E-state index contributed by atoms with van der Waals surface area (Å²) in [7, 11) is -3.85. The Morgan fingerprint density at radius 3 is 2.55 bits per heavy atom. The monoisotopic (exact) mass is 300 g/mol. The van der Waals surface area contributed by atoms with Gasteiger partial charge in [-0.3, -0.25) is 0 Å². The van der Waals surface area contributed by atoms with Gasteiger partial charge in [0.05, 0.1) is 0 Å². The van der Waals surface area contributed by atoms with Gasteiger partial charge >= 0.3 is 0 Å². The molecule has 2 rings (SSSR count). The Hall–Kier alpha value is -1.01. The van der Waals surface area contributed by atoms with Crippen molar-refractivity contribution in [2.24, 2.45) is 11.8 Å². The van der Waals surface area contributed by atoms with Gasteiger partial charge in [0, 0.05) is 12.7 Å². The molecule has 1 aromatic rings. The molecule has 1 aliphatic carbocycles. The molecule has 0 radical (unpaired) electrons. The Morgan fingerprint density at radius 1 is 1.30 bits per heavy atom. The number of aromatic nitrogens is 1. The van der Waals surface area contributed by atoms with E-state index in [2.05, 4.69) is 16.6 Å². The molecule has 1 fully saturated rings. The van der Waals surface area contributed by atoms with Crippen molar-refractivity contribution in [3.05, 3.63) is 24.1 Å². The molecule has 20 heavy (non-hydrogen) atoms. The van der Waals surface area contributed by atoms with Gasteiger partial charge in [-0.25, -0.2) is 22.5 Å². The molecule has 112 valence electrons. The lowest BCUT2D eigenvalue weighted by Gasteiger charge is -2.27. The van der Waals surface area contributed by atoms with E-state index in [1.165, 1.54) is 18.7 Å². The molecule has 6 heteroatoms. The van der Waals surface area contributed by atoms with Crippen molar-refractivity contribution in [3.63, 3.8) is 0 Å². The lowest BCUT2D eigenvalue weighted by Crippen LogP contribution is -2.32. The van der Waals surface area contributed by atoms with Gasteiger partial charge in [-0.1, -0.05) is 26.2 Å². The van der Waals surface area contributed by atoms with Crippen LogP contribution in [0.3, 0.4) is 0 Å². The van der Waals surface area contributed by atoms with Crippen LogP contribution in [0.4, 0.5) is 4.39 Å². The minimum absolute atomic E-state index is 0.347. The third-order valence-corrected chi connectivity index (χ3v) is 5.44. The average molecular weight is 300 g/mol. The summed E-state index contributed by atoms with van der Waals surface area (Å²) in [4.78, 5) is 3.61. The molecule has 4 nitrogen and oxygen atoms in total. The van der Waals surface area contributed by atoms with Gasteiger partial charge in [-0.2, -0.15) is 0 Å². The zero-order valence-corrected chi connectivity index (χ0v) is 12.5. The maximum absolute atomic E-state index is 13.5. The summed E-state index contributed by atoms with van der Waals surface area (Å²) >= 11 is 0. The van der Waals surface area contributed by atoms with E-state index in [0.29, 0.717) is 12.5 Å². The molecule has 0 amide bonds. The minimum Gasteiger partial charge on any atom is -0.241 e. The number of pyridine rings is 1. The van der Waals surface area contributed by atoms with E-state index < -0.39 is 20.9 Å². The Bertz CT molecular complexity index is 540. The lowest BCUT2D eigenvalue weighted by atomic mass is 9.81. The molecular formula is C14H21FN2O2S. The van der Waals surface area contributed by atoms with Crippen molar-refractivity contribution in [3.8, 4) is 0 Å². The summed E-state index contributed by atoms with van der Waals surface area (Å²) in [5.41, 5.74) is 0. The summed E-state index contributed by atoms with van der Waals surface area (Å²) in [5.74, 6) is 0.310. The van der Waals surface area contributed by atoms with E-state index in [1.807, 2.05) is 0 Å². The molecule has 1 heterocycles. The number of halogens is 1. The van der Waals surface area contributed by atoms with Crippen molar-refractivity contribution in [2.45, 2.75) is 44.1 Å². The van der Waals surface area contributed by atoms with Crippen molar-refractivity contribution < 1.29 is 12.8 Å². The van der Waals surface area contributed by atoms with Gasteiger partial charge in [-0.05, 0) is 36.8 Å². The average Bonchev–Trinajstić information content (AvgIpc) is 2.46. The molecule has 0 unspecified atom stereocenters. The third-order valence-electron chi connectivity index (χ3n) is 4.08. The highest BCUT2D eigenvalue weighted by Gasteiger charge is 2.24. The van der Waals surface area contributed by atoms with E-state index in [9.17, 15) is 12.8 Å². The highest BCUT2D eigenvalue weighted by molar-refractivity contribution is 7.89. The van der Waals surface area contributed by atoms with Gasteiger partial charge in [-0.15, -0.1) is 0 Å². The van der Waals surface area contributed by atoms with E-state index in [1.54, 1.807) is 0 Å². The van der Waals surface area contributed by atoms with Crippen LogP contribution in [0.25, 0.3) is 0 Å². The first-order valence-corrected chi connectivity index (χ1v) is 8.61. The topological polar surface area (TPSA) is 59.1 Å². The standard InChI is InChI=1S/C14H21FN2O2S/c1-2-11-5-7-12(8-6-11)10-17-20(18,19)14-13(15)4-3-9-16-14/h3-4,9,11-12,17H,2,5-8,10H2,1H3. The molecule has 0 bridgehead atoms. The van der Waals surface area contributed by atoms with Crippen LogP contribution in [0.2, 0.25) is 0 Å². The molecule has 0 atom stereocenters. The van der Waals surface area contributed by atoms with E-state index in [-0.39, 0.29) is 0 Å². The van der Waals surface area contributed by atoms with Crippen LogP contribution in [-0.2, 0) is 10.0 Å². The number of hydrogen-bond acceptors (Lipinski definition) is 3. The van der Waals surface area contributed by atoms with Crippen molar-refractivity contribution >= 4 is 10.0 Å². The third kappa shape index (κ3) is 3.76. The second-order valence-electron chi connectivity index (χ2n) is 5.44. The summed E-state index contributed by atoms with van der Waals surface area (Å²) in [6, 6.07) is 2.48. The molecule has 1 aromatic heterocycles. The SMILES string of the molecule is CCC1CCC(CNS(=O)(=O)c2ncccc2F)CC1. The van der Waals surface area contributed by atoms with Crippen LogP contribution in [0, 0.1) is 17.7 Å². The molecule has 0 aliphatic heterocycles. The predicted molar refractivity (Wildman–Crippen MR) is 75.1 cm³/mol. The second kappa shape index (κ2) is 6.63. The van der Waals surface area contributed by atoms with Crippen LogP contribution >= 0.6 is 0 Å². The fraction of sp³-hybridized carbons (Fsp3) is 0.643. The van der Waals surface area contributed by atoms with Gasteiger partial charge in [0.2, 0.25) is 5.03 Å². The van der Waals surface area contributed by atoms with Crippen molar-refractivity contribution in [2.75, 3.05) is 6.54 Å². The zero-order valence-electron chi connectivity index (χ0n) is 11.7. The first kappa shape index (κ1) is 15.4. The molecule has 0 saturated heterocycles. The minimum atomic E-state index is -3.85. The van der Waals surface area contributed by atoms with Crippen molar-refractivity contribution in [1.29, 1.82) is 0 Å². The fourth-order valence-electron chi connectivity index (χ4n) is 2.71. The largest absolute Gasteiger partial charge is 0.261 e. The second-order valence-corrected chi connectivity index (χ2v) is 7.12. The van der Waals surface area contributed by atoms with Gasteiger partial charge in [0.25, 0.3) is 10.0 Å². The number of nitrogens with one attached hydrogen (secondary N) is 1. The Labute approximate surface area is 119 Å². The first-order chi connectivity index (χ1) is 9.53. The highest BCUT2D eigenvalue weighted by Crippen LogP contribution is 2.30. The van der Waals surface area contributed by atoms with Crippen LogP contribution < -0.4 is 4.72 Å². The normalized spacial score (nSPS) is 23.7. The molecular weight excluding hydrogens is 279 g/mol. The Morgan fingerprint density at radius 2 is 1.95 bits per heavy atom. The number of rotatable bonds is 5. The maximum Gasteiger partial charge on any atom is 0.261 e. The van der Waals surface area contributed by atoms with Gasteiger partial charge in [0.1, 0.15) is 0 Å². The van der Waals surface area contributed by atoms with E-state index >= 15 is 0 Å². The number of sulfonamides is 1. The number of hydrogen-bond donors (Lipinski definition) is 1. The summed E-state index contributed by atoms with van der Waals surface area (Å²) < 4.78 is 40.0. The predicted octanol–water partition coefficient (Wildman–Crippen LogP) is 2.72. The smallest absolute Gasteiger partial charge is 0.241 e. The first-order valence-electron chi connectivity index (χ1n) is 7.13. The van der Waals surface area contributed by atoms with Crippen LogP contribution in [0.5, 0.6) is 0 Å². The molecule has 0 spiro atoms. The Balaban J connectivity index is 1.92. The van der Waals surface area contributed by atoms with Crippen molar-refractivity contribution in [1.82, 2.24) is 9.71 Å². The molecule has 1 saturated carbocycles. The van der Waals surface area contributed by atoms with E-state index in [4.69, 9.17) is 0 Å². The lowest BCUT2D eigenvalue weighted by molar-refractivity contribution is 0.270. The highest BCUT2D eigenvalue weighted by atomic mass is 32.2. The van der Waals surface area contributed by atoms with Crippen LogP contribution in [0.15, 0.2) is 23.4 Å². The Kier molecular flexibility index (Phi) is 5.10. The summed E-state index contributed by atoms with van der Waals surface area (Å²) in [6.07, 6.45) is 6.85. The molecule has 1 aliphatic rings. The summed E-state index contributed by atoms with van der Waals surface area (Å²) in [5, 5.41) is -0.512. The quantitative estimate of drug-likeness (QED) is 0.909. The van der Waals surface area contributed by atoms with Crippen LogP contribution in [-0.4, -0.2) is 19.9 Å². The zero-order chi connectivity index (χ0) is 14.6. The van der Waals surface area contributed by atoms with E-state index in [0.717, 1.165) is 37.7 Å². The molecule has 1 N–H and O–H groups in total. The van der Waals surface area contributed by atoms with Gasteiger partial charge in [0.15, 0.2) is 5.82 Å². The fourth-order valence-corrected chi connectivity index (χ4v) is 3.82. The van der Waals surface area contributed by atoms with Crippen LogP contribution in [0.1, 0.15) is 39.0 Å². The van der Waals surface area contributed by atoms with Gasteiger partial charge < -0.3 is 0 Å². The summed E-state index contributed by atoms with van der Waals surface area (Å²) in [6.45, 7) is 2.56. The maximum atomic E-state index is 13.5.